The van der Waals surface area contributed by atoms with Crippen LogP contribution >= 0.6 is 11.3 Å². The Morgan fingerprint density at radius 3 is 2.75 bits per heavy atom. The van der Waals surface area contributed by atoms with E-state index in [0.29, 0.717) is 27.8 Å². The van der Waals surface area contributed by atoms with Gasteiger partial charge in [0, 0.05) is 16.5 Å². The van der Waals surface area contributed by atoms with Crippen LogP contribution in [0.2, 0.25) is 0 Å². The Labute approximate surface area is 140 Å². The zero-order valence-electron chi connectivity index (χ0n) is 12.9. The third-order valence-electron chi connectivity index (χ3n) is 3.48. The van der Waals surface area contributed by atoms with Gasteiger partial charge in [0.25, 0.3) is 0 Å². The van der Waals surface area contributed by atoms with Crippen molar-refractivity contribution in [3.63, 3.8) is 0 Å². The number of aryl methyl sites for hydroxylation is 2. The molecule has 1 amide bonds. The number of aromatic nitrogens is 2. The summed E-state index contributed by atoms with van der Waals surface area (Å²) in [4.78, 5) is 16.3. The number of nitrogens with one attached hydrogen (secondary N) is 1. The van der Waals surface area contributed by atoms with E-state index in [1.54, 1.807) is 19.2 Å². The normalized spacial score (nSPS) is 10.8. The van der Waals surface area contributed by atoms with Gasteiger partial charge in [-0.1, -0.05) is 5.16 Å². The molecule has 0 fully saturated rings. The van der Waals surface area contributed by atoms with Crippen LogP contribution in [-0.2, 0) is 11.2 Å². The molecule has 2 aromatic heterocycles. The minimum atomic E-state index is -0.940. The van der Waals surface area contributed by atoms with Crippen LogP contribution in [0.4, 0.5) is 13.9 Å². The molecule has 0 unspecified atom stereocenters. The number of nitrogens with zero attached hydrogens (tertiary/aromatic N) is 2. The van der Waals surface area contributed by atoms with E-state index in [2.05, 4.69) is 15.5 Å². The fraction of sp³-hybridized carbons (Fsp3) is 0.188. The Bertz CT molecular complexity index is 885. The number of carbonyl (C=O) groups excluding carboxylic acids is 1. The SMILES string of the molecule is Cc1noc(C)c1CC(=O)Nc1nc(-c2ccc(F)c(F)c2)cs1. The Hall–Kier alpha value is -2.61. The molecule has 0 radical (unpaired) electrons. The van der Waals surface area contributed by atoms with Crippen molar-refractivity contribution in [1.29, 1.82) is 0 Å². The molecule has 1 N–H and O–H groups in total. The van der Waals surface area contributed by atoms with E-state index in [9.17, 15) is 13.6 Å². The van der Waals surface area contributed by atoms with Crippen LogP contribution in [0.15, 0.2) is 28.1 Å². The summed E-state index contributed by atoms with van der Waals surface area (Å²) in [6, 6.07) is 3.54. The van der Waals surface area contributed by atoms with Gasteiger partial charge >= 0.3 is 0 Å². The molecule has 124 valence electrons. The Kier molecular flexibility index (Phi) is 4.39. The lowest BCUT2D eigenvalue weighted by Gasteiger charge is -2.01. The largest absolute Gasteiger partial charge is 0.361 e. The highest BCUT2D eigenvalue weighted by molar-refractivity contribution is 7.14. The van der Waals surface area contributed by atoms with E-state index in [-0.39, 0.29) is 12.3 Å². The summed E-state index contributed by atoms with van der Waals surface area (Å²) in [6.07, 6.45) is 0.126. The van der Waals surface area contributed by atoms with E-state index in [1.807, 2.05) is 0 Å². The molecular formula is C16H13F2N3O2S. The topological polar surface area (TPSA) is 68.0 Å². The van der Waals surface area contributed by atoms with Crippen LogP contribution in [-0.4, -0.2) is 16.0 Å². The number of hydrogen-bond acceptors (Lipinski definition) is 5. The maximum absolute atomic E-state index is 13.3. The third kappa shape index (κ3) is 3.33. The predicted octanol–water partition coefficient (Wildman–Crippen LogP) is 3.87. The van der Waals surface area contributed by atoms with Crippen LogP contribution in [0.1, 0.15) is 17.0 Å². The first kappa shape index (κ1) is 16.3. The molecule has 3 aromatic rings. The van der Waals surface area contributed by atoms with E-state index in [1.165, 1.54) is 17.4 Å². The van der Waals surface area contributed by atoms with Crippen LogP contribution in [0.25, 0.3) is 11.3 Å². The molecular weight excluding hydrogens is 336 g/mol. The monoisotopic (exact) mass is 349 g/mol. The average Bonchev–Trinajstić information content (AvgIpc) is 3.12. The summed E-state index contributed by atoms with van der Waals surface area (Å²) in [5, 5.41) is 8.53. The summed E-state index contributed by atoms with van der Waals surface area (Å²) in [5.74, 6) is -1.51. The number of halogens is 2. The van der Waals surface area contributed by atoms with Crippen LogP contribution < -0.4 is 5.32 Å². The first-order valence-corrected chi connectivity index (χ1v) is 7.94. The molecule has 0 saturated heterocycles. The number of hydrogen-bond donors (Lipinski definition) is 1. The molecule has 1 aromatic carbocycles. The lowest BCUT2D eigenvalue weighted by Crippen LogP contribution is -2.15. The second-order valence-corrected chi connectivity index (χ2v) is 6.05. The fourth-order valence-corrected chi connectivity index (χ4v) is 2.93. The van der Waals surface area contributed by atoms with Crippen molar-refractivity contribution in [3.05, 3.63) is 52.2 Å². The van der Waals surface area contributed by atoms with Crippen molar-refractivity contribution < 1.29 is 18.1 Å². The van der Waals surface area contributed by atoms with Crippen LogP contribution in [0, 0.1) is 25.5 Å². The van der Waals surface area contributed by atoms with Crippen LogP contribution in [0.5, 0.6) is 0 Å². The molecule has 5 nitrogen and oxygen atoms in total. The molecule has 3 rings (SSSR count). The van der Waals surface area contributed by atoms with Gasteiger partial charge < -0.3 is 9.84 Å². The lowest BCUT2D eigenvalue weighted by atomic mass is 10.1. The minimum Gasteiger partial charge on any atom is -0.361 e. The first-order valence-electron chi connectivity index (χ1n) is 7.06. The third-order valence-corrected chi connectivity index (χ3v) is 4.24. The molecule has 2 heterocycles. The van der Waals surface area contributed by atoms with Gasteiger partial charge in [0.1, 0.15) is 5.76 Å². The molecule has 24 heavy (non-hydrogen) atoms. The van der Waals surface area contributed by atoms with E-state index in [4.69, 9.17) is 4.52 Å². The smallest absolute Gasteiger partial charge is 0.230 e. The van der Waals surface area contributed by atoms with Crippen LogP contribution in [0.3, 0.4) is 0 Å². The summed E-state index contributed by atoms with van der Waals surface area (Å²) < 4.78 is 31.3. The molecule has 0 aliphatic heterocycles. The van der Waals surface area contributed by atoms with Gasteiger partial charge in [-0.3, -0.25) is 4.79 Å². The molecule has 0 bridgehead atoms. The Morgan fingerprint density at radius 2 is 2.08 bits per heavy atom. The zero-order chi connectivity index (χ0) is 17.3. The van der Waals surface area contributed by atoms with Gasteiger partial charge in [-0.15, -0.1) is 11.3 Å². The standard InChI is InChI=1S/C16H13F2N3O2S/c1-8-11(9(2)23-21-8)6-15(22)20-16-19-14(7-24-16)10-3-4-12(17)13(18)5-10/h3-5,7H,6H2,1-2H3,(H,19,20,22). The molecule has 0 saturated carbocycles. The highest BCUT2D eigenvalue weighted by Gasteiger charge is 2.15. The first-order chi connectivity index (χ1) is 11.4. The number of thiazole rings is 1. The summed E-state index contributed by atoms with van der Waals surface area (Å²) >= 11 is 1.21. The van der Waals surface area contributed by atoms with Crippen molar-refractivity contribution in [2.24, 2.45) is 0 Å². The molecule has 0 aliphatic carbocycles. The zero-order valence-corrected chi connectivity index (χ0v) is 13.7. The molecule has 0 spiro atoms. The second kappa shape index (κ2) is 6.48. The summed E-state index contributed by atoms with van der Waals surface area (Å²) in [6.45, 7) is 3.51. The van der Waals surface area contributed by atoms with Gasteiger partial charge in [-0.05, 0) is 32.0 Å². The molecule has 0 atom stereocenters. The molecule has 0 aliphatic rings. The van der Waals surface area contributed by atoms with E-state index < -0.39 is 11.6 Å². The van der Waals surface area contributed by atoms with Crippen molar-refractivity contribution in [1.82, 2.24) is 10.1 Å². The Balaban J connectivity index is 1.71. The van der Waals surface area contributed by atoms with Gasteiger partial charge in [0.05, 0.1) is 17.8 Å². The number of carbonyl (C=O) groups is 1. The van der Waals surface area contributed by atoms with E-state index in [0.717, 1.165) is 17.7 Å². The maximum atomic E-state index is 13.3. The van der Waals surface area contributed by atoms with Gasteiger partial charge in [-0.25, -0.2) is 13.8 Å². The number of benzene rings is 1. The highest BCUT2D eigenvalue weighted by Crippen LogP contribution is 2.26. The number of rotatable bonds is 4. The summed E-state index contributed by atoms with van der Waals surface area (Å²) in [7, 11) is 0. The van der Waals surface area contributed by atoms with E-state index >= 15 is 0 Å². The van der Waals surface area contributed by atoms with Crippen molar-refractivity contribution >= 4 is 22.4 Å². The van der Waals surface area contributed by atoms with Crippen molar-refractivity contribution in [2.45, 2.75) is 20.3 Å². The quantitative estimate of drug-likeness (QED) is 0.776. The van der Waals surface area contributed by atoms with Gasteiger partial charge in [-0.2, -0.15) is 0 Å². The average molecular weight is 349 g/mol. The molecule has 8 heteroatoms. The lowest BCUT2D eigenvalue weighted by molar-refractivity contribution is -0.115. The Morgan fingerprint density at radius 1 is 1.29 bits per heavy atom. The second-order valence-electron chi connectivity index (χ2n) is 5.19. The predicted molar refractivity (Wildman–Crippen MR) is 85.8 cm³/mol. The fourth-order valence-electron chi connectivity index (χ4n) is 2.20. The number of anilines is 1. The van der Waals surface area contributed by atoms with Crippen molar-refractivity contribution in [3.8, 4) is 11.3 Å². The van der Waals surface area contributed by atoms with Crippen molar-refractivity contribution in [2.75, 3.05) is 5.32 Å². The highest BCUT2D eigenvalue weighted by atomic mass is 32.1. The summed E-state index contributed by atoms with van der Waals surface area (Å²) in [5.41, 5.74) is 2.32. The minimum absolute atomic E-state index is 0.126. The van der Waals surface area contributed by atoms with Gasteiger partial charge in [0.15, 0.2) is 16.8 Å². The maximum Gasteiger partial charge on any atom is 0.230 e. The van der Waals surface area contributed by atoms with Gasteiger partial charge in [0.2, 0.25) is 5.91 Å². The number of amides is 1.